The molecule has 0 saturated heterocycles. The number of hydrogen-bond acceptors (Lipinski definition) is 7. The maximum absolute atomic E-state index is 13.0. The summed E-state index contributed by atoms with van der Waals surface area (Å²) in [5, 5.41) is 21.1. The van der Waals surface area contributed by atoms with Crippen molar-refractivity contribution in [3.05, 3.63) is 46.3 Å². The van der Waals surface area contributed by atoms with Crippen molar-refractivity contribution in [3.8, 4) is 5.88 Å². The second-order valence-corrected chi connectivity index (χ2v) is 8.75. The van der Waals surface area contributed by atoms with Crippen molar-refractivity contribution in [1.82, 2.24) is 29.5 Å². The van der Waals surface area contributed by atoms with Crippen molar-refractivity contribution >= 4 is 17.4 Å². The zero-order valence-electron chi connectivity index (χ0n) is 17.2. The molecule has 3 aromatic rings. The summed E-state index contributed by atoms with van der Waals surface area (Å²) in [5.41, 5.74) is -0.0427. The number of aromatic nitrogens is 5. The Hall–Kier alpha value is -3.43. The van der Waals surface area contributed by atoms with E-state index in [-0.39, 0.29) is 22.9 Å². The van der Waals surface area contributed by atoms with Crippen LogP contribution in [0.4, 0.5) is 5.82 Å². The molecule has 1 saturated carbocycles. The van der Waals surface area contributed by atoms with E-state index in [1.165, 1.54) is 0 Å². The highest BCUT2D eigenvalue weighted by Crippen LogP contribution is 2.26. The fraction of sp³-hybridized carbons (Fsp3) is 0.450. The fourth-order valence-electron chi connectivity index (χ4n) is 3.16. The molecule has 0 atom stereocenters. The molecule has 0 unspecified atom stereocenters. The maximum atomic E-state index is 13.0. The predicted molar refractivity (Wildman–Crippen MR) is 110 cm³/mol. The van der Waals surface area contributed by atoms with Crippen molar-refractivity contribution in [1.29, 1.82) is 0 Å². The highest BCUT2D eigenvalue weighted by atomic mass is 16.3. The third-order valence-corrected chi connectivity index (χ3v) is 4.69. The SMILES string of the molecule is CC(C)(C)Cn1c(O)c(C(=O)NC2CC2)c(=O)n2nc(NCc3cnccn3)cc12. The first-order chi connectivity index (χ1) is 14.2. The number of nitrogens with zero attached hydrogens (tertiary/aromatic N) is 5. The molecule has 0 radical (unpaired) electrons. The molecule has 3 heterocycles. The van der Waals surface area contributed by atoms with E-state index in [2.05, 4.69) is 25.7 Å². The van der Waals surface area contributed by atoms with E-state index in [0.29, 0.717) is 30.2 Å². The lowest BCUT2D eigenvalue weighted by Gasteiger charge is -2.23. The summed E-state index contributed by atoms with van der Waals surface area (Å²) in [6.45, 7) is 6.78. The number of fused-ring (bicyclic) bond motifs is 1. The van der Waals surface area contributed by atoms with Crippen LogP contribution in [0.1, 0.15) is 49.7 Å². The van der Waals surface area contributed by atoms with Gasteiger partial charge in [-0.1, -0.05) is 20.8 Å². The summed E-state index contributed by atoms with van der Waals surface area (Å²) < 4.78 is 2.72. The quantitative estimate of drug-likeness (QED) is 0.562. The van der Waals surface area contributed by atoms with E-state index < -0.39 is 11.5 Å². The van der Waals surface area contributed by atoms with E-state index >= 15 is 0 Å². The summed E-state index contributed by atoms with van der Waals surface area (Å²) in [5.74, 6) is -0.491. The van der Waals surface area contributed by atoms with Crippen LogP contribution in [0.15, 0.2) is 29.5 Å². The van der Waals surface area contributed by atoms with E-state index in [1.807, 2.05) is 20.8 Å². The molecule has 1 aliphatic rings. The van der Waals surface area contributed by atoms with Crippen molar-refractivity contribution in [2.75, 3.05) is 5.32 Å². The standard InChI is InChI=1S/C20H25N7O3/c1-20(2,3)11-26-15-8-14(23-10-13-9-21-6-7-22-13)25-27(15)19(30)16(18(26)29)17(28)24-12-4-5-12/h6-9,12,29H,4-5,10-11H2,1-3H3,(H,23,25)(H,24,28). The summed E-state index contributed by atoms with van der Waals surface area (Å²) >= 11 is 0. The van der Waals surface area contributed by atoms with E-state index in [0.717, 1.165) is 17.4 Å². The number of carbonyl (C=O) groups excluding carboxylic acids is 1. The van der Waals surface area contributed by atoms with Gasteiger partial charge < -0.3 is 15.7 Å². The number of amides is 1. The van der Waals surface area contributed by atoms with Gasteiger partial charge >= 0.3 is 0 Å². The minimum atomic E-state index is -0.654. The minimum absolute atomic E-state index is 0.0601. The van der Waals surface area contributed by atoms with E-state index in [9.17, 15) is 14.7 Å². The first-order valence-electron chi connectivity index (χ1n) is 9.88. The molecule has 10 heteroatoms. The summed E-state index contributed by atoms with van der Waals surface area (Å²) in [7, 11) is 0. The number of aromatic hydroxyl groups is 1. The number of hydrogen-bond donors (Lipinski definition) is 3. The lowest BCUT2D eigenvalue weighted by atomic mass is 9.96. The Bertz CT molecular complexity index is 1140. The van der Waals surface area contributed by atoms with E-state index in [4.69, 9.17) is 0 Å². The van der Waals surface area contributed by atoms with Gasteiger partial charge in [0.25, 0.3) is 11.5 Å². The van der Waals surface area contributed by atoms with Gasteiger partial charge in [0.1, 0.15) is 5.65 Å². The van der Waals surface area contributed by atoms with Gasteiger partial charge in [-0.05, 0) is 18.3 Å². The molecular weight excluding hydrogens is 386 g/mol. The van der Waals surface area contributed by atoms with Gasteiger partial charge in [0.15, 0.2) is 11.4 Å². The topological polar surface area (TPSA) is 126 Å². The second kappa shape index (κ2) is 7.43. The molecule has 0 bridgehead atoms. The molecule has 158 valence electrons. The van der Waals surface area contributed by atoms with Gasteiger partial charge in [-0.2, -0.15) is 4.52 Å². The lowest BCUT2D eigenvalue weighted by molar-refractivity contribution is 0.0944. The molecular formula is C20H25N7O3. The summed E-state index contributed by atoms with van der Waals surface area (Å²) in [6.07, 6.45) is 6.57. The fourth-order valence-corrected chi connectivity index (χ4v) is 3.16. The van der Waals surface area contributed by atoms with Crippen LogP contribution in [-0.4, -0.2) is 41.2 Å². The lowest BCUT2D eigenvalue weighted by Crippen LogP contribution is -2.35. The highest BCUT2D eigenvalue weighted by Gasteiger charge is 2.30. The molecule has 4 rings (SSSR count). The number of rotatable bonds is 6. The van der Waals surface area contributed by atoms with Crippen LogP contribution < -0.4 is 16.2 Å². The Morgan fingerprint density at radius 2 is 2.07 bits per heavy atom. The average Bonchev–Trinajstić information content (AvgIpc) is 3.39. The van der Waals surface area contributed by atoms with Crippen molar-refractivity contribution in [3.63, 3.8) is 0 Å². The second-order valence-electron chi connectivity index (χ2n) is 8.75. The molecule has 3 N–H and O–H groups in total. The monoisotopic (exact) mass is 411 g/mol. The summed E-state index contributed by atoms with van der Waals surface area (Å²) in [6, 6.07) is 1.73. The number of nitrogens with one attached hydrogen (secondary N) is 2. The Labute approximate surface area is 173 Å². The van der Waals surface area contributed by atoms with Gasteiger partial charge in [0, 0.05) is 31.0 Å². The molecule has 0 aromatic carbocycles. The normalized spacial score (nSPS) is 14.1. The molecule has 30 heavy (non-hydrogen) atoms. The minimum Gasteiger partial charge on any atom is -0.494 e. The Morgan fingerprint density at radius 1 is 1.30 bits per heavy atom. The molecule has 10 nitrogen and oxygen atoms in total. The molecule has 1 fully saturated rings. The molecule has 3 aromatic heterocycles. The van der Waals surface area contributed by atoms with Gasteiger partial charge in [-0.25, -0.2) is 0 Å². The molecule has 0 aliphatic heterocycles. The molecule has 1 aliphatic carbocycles. The zero-order chi connectivity index (χ0) is 21.5. The third-order valence-electron chi connectivity index (χ3n) is 4.69. The van der Waals surface area contributed by atoms with Gasteiger partial charge in [0.2, 0.25) is 5.88 Å². The summed E-state index contributed by atoms with van der Waals surface area (Å²) in [4.78, 5) is 33.9. The van der Waals surface area contributed by atoms with Gasteiger partial charge in [-0.3, -0.25) is 24.1 Å². The molecule has 1 amide bonds. The van der Waals surface area contributed by atoms with Gasteiger partial charge in [0.05, 0.1) is 18.4 Å². The van der Waals surface area contributed by atoms with Crippen molar-refractivity contribution in [2.24, 2.45) is 5.41 Å². The predicted octanol–water partition coefficient (Wildman–Crippen LogP) is 1.54. The van der Waals surface area contributed by atoms with Crippen LogP contribution >= 0.6 is 0 Å². The van der Waals surface area contributed by atoms with Crippen LogP contribution in [0.3, 0.4) is 0 Å². The van der Waals surface area contributed by atoms with Crippen LogP contribution in [0, 0.1) is 5.41 Å². The van der Waals surface area contributed by atoms with E-state index in [1.54, 1.807) is 29.2 Å². The number of anilines is 1. The van der Waals surface area contributed by atoms with Crippen molar-refractivity contribution in [2.45, 2.75) is 52.7 Å². The first-order valence-corrected chi connectivity index (χ1v) is 9.88. The maximum Gasteiger partial charge on any atom is 0.291 e. The number of carbonyl (C=O) groups is 1. The van der Waals surface area contributed by atoms with Crippen molar-refractivity contribution < 1.29 is 9.90 Å². The smallest absolute Gasteiger partial charge is 0.291 e. The Kier molecular flexibility index (Phi) is 4.92. The van der Waals surface area contributed by atoms with Crippen LogP contribution in [0.2, 0.25) is 0 Å². The first kappa shape index (κ1) is 19.9. The molecule has 0 spiro atoms. The third kappa shape index (κ3) is 4.12. The Balaban J connectivity index is 1.77. The van der Waals surface area contributed by atoms with Gasteiger partial charge in [-0.15, -0.1) is 5.10 Å². The van der Waals surface area contributed by atoms with Crippen LogP contribution in [0.5, 0.6) is 5.88 Å². The average molecular weight is 411 g/mol. The van der Waals surface area contributed by atoms with Crippen LogP contribution in [0.25, 0.3) is 5.65 Å². The van der Waals surface area contributed by atoms with Crippen LogP contribution in [-0.2, 0) is 13.1 Å². The zero-order valence-corrected chi connectivity index (χ0v) is 17.2. The highest BCUT2D eigenvalue weighted by molar-refractivity contribution is 5.96. The Morgan fingerprint density at radius 3 is 2.70 bits per heavy atom. The largest absolute Gasteiger partial charge is 0.494 e.